The minimum absolute atomic E-state index is 0.0443. The Morgan fingerprint density at radius 1 is 1.40 bits per heavy atom. The number of ether oxygens (including phenoxy) is 1. The molecule has 0 aliphatic heterocycles. The SMILES string of the molecule is Cc1nn(Cc2ccccc2Cl)c(C)c1/C=C(\C#N)C(=O)OC(C)C. The summed E-state index contributed by atoms with van der Waals surface area (Å²) in [7, 11) is 0. The van der Waals surface area contributed by atoms with Crippen LogP contribution in [0.15, 0.2) is 29.8 Å². The lowest BCUT2D eigenvalue weighted by Crippen LogP contribution is -2.12. The molecular formula is C19H20ClN3O2. The van der Waals surface area contributed by atoms with Gasteiger partial charge in [0, 0.05) is 16.3 Å². The van der Waals surface area contributed by atoms with Gasteiger partial charge in [-0.1, -0.05) is 29.8 Å². The topological polar surface area (TPSA) is 67.9 Å². The number of carbonyl (C=O) groups excluding carboxylic acids is 1. The molecule has 130 valence electrons. The number of halogens is 1. The van der Waals surface area contributed by atoms with Gasteiger partial charge in [-0.15, -0.1) is 0 Å². The molecular weight excluding hydrogens is 338 g/mol. The summed E-state index contributed by atoms with van der Waals surface area (Å²) in [5.41, 5.74) is 3.23. The van der Waals surface area contributed by atoms with Crippen LogP contribution < -0.4 is 0 Å². The van der Waals surface area contributed by atoms with Gasteiger partial charge >= 0.3 is 5.97 Å². The quantitative estimate of drug-likeness (QED) is 0.459. The van der Waals surface area contributed by atoms with Crippen molar-refractivity contribution in [3.8, 4) is 6.07 Å². The van der Waals surface area contributed by atoms with Gasteiger partial charge in [-0.05, 0) is 45.4 Å². The maximum Gasteiger partial charge on any atom is 0.349 e. The number of hydrogen-bond donors (Lipinski definition) is 0. The van der Waals surface area contributed by atoms with E-state index < -0.39 is 5.97 Å². The Balaban J connectivity index is 2.36. The fraction of sp³-hybridized carbons (Fsp3) is 0.316. The van der Waals surface area contributed by atoms with Gasteiger partial charge in [0.2, 0.25) is 0 Å². The van der Waals surface area contributed by atoms with E-state index in [1.165, 1.54) is 6.08 Å². The highest BCUT2D eigenvalue weighted by Crippen LogP contribution is 2.21. The minimum atomic E-state index is -0.629. The maximum atomic E-state index is 12.0. The van der Waals surface area contributed by atoms with E-state index in [1.54, 1.807) is 13.8 Å². The average Bonchev–Trinajstić information content (AvgIpc) is 2.80. The van der Waals surface area contributed by atoms with Crippen LogP contribution in [-0.2, 0) is 16.1 Å². The van der Waals surface area contributed by atoms with Crippen LogP contribution in [0.2, 0.25) is 5.02 Å². The Morgan fingerprint density at radius 3 is 2.68 bits per heavy atom. The lowest BCUT2D eigenvalue weighted by Gasteiger charge is -2.07. The molecule has 0 aliphatic rings. The first-order valence-electron chi connectivity index (χ1n) is 7.93. The third kappa shape index (κ3) is 4.49. The van der Waals surface area contributed by atoms with Crippen molar-refractivity contribution in [1.29, 1.82) is 5.26 Å². The van der Waals surface area contributed by atoms with Gasteiger partial charge in [-0.25, -0.2) is 4.79 Å². The first-order valence-corrected chi connectivity index (χ1v) is 8.31. The summed E-state index contributed by atoms with van der Waals surface area (Å²) < 4.78 is 6.91. The zero-order chi connectivity index (χ0) is 18.6. The lowest BCUT2D eigenvalue weighted by atomic mass is 10.1. The number of esters is 1. The Labute approximate surface area is 152 Å². The van der Waals surface area contributed by atoms with Gasteiger partial charge < -0.3 is 4.74 Å². The highest BCUT2D eigenvalue weighted by molar-refractivity contribution is 6.31. The number of carbonyl (C=O) groups is 1. The Morgan fingerprint density at radius 2 is 2.08 bits per heavy atom. The normalized spacial score (nSPS) is 11.5. The van der Waals surface area contributed by atoms with E-state index in [0.29, 0.717) is 11.6 Å². The highest BCUT2D eigenvalue weighted by Gasteiger charge is 2.17. The molecule has 2 rings (SSSR count). The van der Waals surface area contributed by atoms with Crippen molar-refractivity contribution in [2.45, 2.75) is 40.3 Å². The van der Waals surface area contributed by atoms with Gasteiger partial charge in [0.05, 0.1) is 18.3 Å². The molecule has 0 unspecified atom stereocenters. The van der Waals surface area contributed by atoms with Gasteiger partial charge in [0.25, 0.3) is 0 Å². The maximum absolute atomic E-state index is 12.0. The van der Waals surface area contributed by atoms with E-state index in [2.05, 4.69) is 5.10 Å². The lowest BCUT2D eigenvalue weighted by molar-refractivity contribution is -0.142. The summed E-state index contributed by atoms with van der Waals surface area (Å²) in [6.07, 6.45) is 1.25. The summed E-state index contributed by atoms with van der Waals surface area (Å²) in [5.74, 6) is -0.629. The highest BCUT2D eigenvalue weighted by atomic mass is 35.5. The summed E-state index contributed by atoms with van der Waals surface area (Å²) in [6, 6.07) is 9.47. The number of hydrogen-bond acceptors (Lipinski definition) is 4. The molecule has 0 amide bonds. The first-order chi connectivity index (χ1) is 11.8. The number of aromatic nitrogens is 2. The van der Waals surface area contributed by atoms with Crippen LogP contribution in [0.1, 0.15) is 36.4 Å². The van der Waals surface area contributed by atoms with Crippen LogP contribution in [-0.4, -0.2) is 21.9 Å². The molecule has 1 heterocycles. The molecule has 0 spiro atoms. The second-order valence-corrected chi connectivity index (χ2v) is 6.36. The summed E-state index contributed by atoms with van der Waals surface area (Å²) >= 11 is 6.21. The first kappa shape index (κ1) is 18.8. The third-order valence-electron chi connectivity index (χ3n) is 3.69. The Kier molecular flexibility index (Phi) is 6.00. The van der Waals surface area contributed by atoms with Crippen LogP contribution in [0.3, 0.4) is 0 Å². The monoisotopic (exact) mass is 357 g/mol. The number of benzene rings is 1. The molecule has 5 nitrogen and oxygen atoms in total. The van der Waals surface area contributed by atoms with Gasteiger partial charge in [0.15, 0.2) is 0 Å². The molecule has 0 atom stereocenters. The van der Waals surface area contributed by atoms with E-state index in [-0.39, 0.29) is 11.7 Å². The fourth-order valence-electron chi connectivity index (χ4n) is 2.42. The van der Waals surface area contributed by atoms with Crippen LogP contribution >= 0.6 is 11.6 Å². The zero-order valence-electron chi connectivity index (χ0n) is 14.7. The van der Waals surface area contributed by atoms with Crippen molar-refractivity contribution in [2.75, 3.05) is 0 Å². The van der Waals surface area contributed by atoms with E-state index in [4.69, 9.17) is 16.3 Å². The van der Waals surface area contributed by atoms with E-state index in [9.17, 15) is 10.1 Å². The summed E-state index contributed by atoms with van der Waals surface area (Å²) in [4.78, 5) is 12.0. The standard InChI is InChI=1S/C19H20ClN3O2/c1-12(2)25-19(24)16(10-21)9-17-13(3)22-23(14(17)4)11-15-7-5-6-8-18(15)20/h5-9,12H,11H2,1-4H3/b16-9+. The number of nitriles is 1. The van der Waals surface area contributed by atoms with Crippen LogP contribution in [0.5, 0.6) is 0 Å². The molecule has 1 aromatic heterocycles. The van der Waals surface area contributed by atoms with Crippen molar-refractivity contribution in [3.05, 3.63) is 57.4 Å². The van der Waals surface area contributed by atoms with E-state index >= 15 is 0 Å². The molecule has 0 bridgehead atoms. The van der Waals surface area contributed by atoms with Crippen molar-refractivity contribution in [3.63, 3.8) is 0 Å². The van der Waals surface area contributed by atoms with Crippen LogP contribution in [0, 0.1) is 25.2 Å². The Hall–Kier alpha value is -2.58. The molecule has 0 radical (unpaired) electrons. The summed E-state index contributed by atoms with van der Waals surface area (Å²) in [6.45, 7) is 7.73. The van der Waals surface area contributed by atoms with Gasteiger partial charge in [-0.2, -0.15) is 10.4 Å². The molecule has 2 aromatic rings. The van der Waals surface area contributed by atoms with Crippen molar-refractivity contribution >= 4 is 23.6 Å². The second-order valence-electron chi connectivity index (χ2n) is 5.96. The molecule has 0 N–H and O–H groups in total. The smallest absolute Gasteiger partial charge is 0.349 e. The van der Waals surface area contributed by atoms with Gasteiger partial charge in [0.1, 0.15) is 11.6 Å². The van der Waals surface area contributed by atoms with Crippen molar-refractivity contribution < 1.29 is 9.53 Å². The number of nitrogens with zero attached hydrogens (tertiary/aromatic N) is 3. The number of aryl methyl sites for hydroxylation is 1. The molecule has 1 aromatic carbocycles. The van der Waals surface area contributed by atoms with Crippen LogP contribution in [0.25, 0.3) is 6.08 Å². The molecule has 0 aliphatic carbocycles. The van der Waals surface area contributed by atoms with Gasteiger partial charge in [-0.3, -0.25) is 4.68 Å². The van der Waals surface area contributed by atoms with Crippen molar-refractivity contribution in [1.82, 2.24) is 9.78 Å². The van der Waals surface area contributed by atoms with E-state index in [0.717, 1.165) is 22.5 Å². The average molecular weight is 358 g/mol. The van der Waals surface area contributed by atoms with E-state index in [1.807, 2.05) is 48.9 Å². The summed E-state index contributed by atoms with van der Waals surface area (Å²) in [5, 5.41) is 14.4. The molecule has 0 saturated heterocycles. The zero-order valence-corrected chi connectivity index (χ0v) is 15.5. The van der Waals surface area contributed by atoms with Crippen molar-refractivity contribution in [2.24, 2.45) is 0 Å². The van der Waals surface area contributed by atoms with Crippen LogP contribution in [0.4, 0.5) is 0 Å². The predicted octanol–water partition coefficient (Wildman–Crippen LogP) is 4.06. The molecule has 0 saturated carbocycles. The number of rotatable bonds is 5. The third-order valence-corrected chi connectivity index (χ3v) is 4.06. The molecule has 6 heteroatoms. The molecule has 25 heavy (non-hydrogen) atoms. The molecule has 0 fully saturated rings. The second kappa shape index (κ2) is 8.00. The Bertz CT molecular complexity index is 860. The largest absolute Gasteiger partial charge is 0.459 e. The minimum Gasteiger partial charge on any atom is -0.459 e. The fourth-order valence-corrected chi connectivity index (χ4v) is 2.62. The predicted molar refractivity (Wildman–Crippen MR) is 97.1 cm³/mol.